The summed E-state index contributed by atoms with van der Waals surface area (Å²) in [4.78, 5) is 5.94. The van der Waals surface area contributed by atoms with E-state index >= 15 is 0 Å². The summed E-state index contributed by atoms with van der Waals surface area (Å²) in [6.07, 6.45) is 0. The van der Waals surface area contributed by atoms with Gasteiger partial charge in [-0.2, -0.15) is 0 Å². The summed E-state index contributed by atoms with van der Waals surface area (Å²) in [5, 5.41) is 19.2. The lowest BCUT2D eigenvalue weighted by atomic mass is 10.0. The van der Waals surface area contributed by atoms with E-state index in [1.54, 1.807) is 17.4 Å². The first-order valence-electron chi connectivity index (χ1n) is 10.6. The Hall–Kier alpha value is -3.97. The van der Waals surface area contributed by atoms with Crippen molar-refractivity contribution in [3.8, 4) is 28.4 Å². The lowest BCUT2D eigenvalue weighted by Gasteiger charge is -2.15. The third-order valence-electron chi connectivity index (χ3n) is 5.22. The van der Waals surface area contributed by atoms with Crippen molar-refractivity contribution in [3.05, 3.63) is 94.7 Å². The molecule has 5 rings (SSSR count). The first-order chi connectivity index (χ1) is 16.2. The number of fused-ring (bicyclic) bond motifs is 1. The van der Waals surface area contributed by atoms with Crippen LogP contribution in [0.3, 0.4) is 0 Å². The highest BCUT2D eigenvalue weighted by atomic mass is 32.1. The van der Waals surface area contributed by atoms with E-state index in [9.17, 15) is 5.11 Å². The highest BCUT2D eigenvalue weighted by Crippen LogP contribution is 2.33. The van der Waals surface area contributed by atoms with E-state index in [-0.39, 0.29) is 12.5 Å². The van der Waals surface area contributed by atoms with Gasteiger partial charge in [-0.1, -0.05) is 48.5 Å². The zero-order valence-electron chi connectivity index (χ0n) is 17.8. The third-order valence-corrected chi connectivity index (χ3v) is 6.10. The van der Waals surface area contributed by atoms with Gasteiger partial charge in [0.05, 0.1) is 18.8 Å². The number of benzene rings is 3. The highest BCUT2D eigenvalue weighted by molar-refractivity contribution is 7.09. The zero-order chi connectivity index (χ0) is 22.5. The van der Waals surface area contributed by atoms with E-state index < -0.39 is 0 Å². The predicted octanol–water partition coefficient (Wildman–Crippen LogP) is 5.61. The Morgan fingerprint density at radius 2 is 1.79 bits per heavy atom. The lowest BCUT2D eigenvalue weighted by Crippen LogP contribution is -2.30. The van der Waals surface area contributed by atoms with Gasteiger partial charge in [-0.3, -0.25) is 0 Å². The molecule has 0 amide bonds. The number of guanidine groups is 1. The van der Waals surface area contributed by atoms with Crippen LogP contribution in [-0.2, 0) is 13.1 Å². The van der Waals surface area contributed by atoms with Crippen LogP contribution in [0.1, 0.15) is 10.4 Å². The van der Waals surface area contributed by atoms with Crippen LogP contribution in [0.5, 0.6) is 17.2 Å². The second-order valence-electron chi connectivity index (χ2n) is 7.51. The van der Waals surface area contributed by atoms with Gasteiger partial charge < -0.3 is 25.2 Å². The van der Waals surface area contributed by atoms with Crippen molar-refractivity contribution in [2.45, 2.75) is 13.1 Å². The minimum atomic E-state index is 0.156. The number of phenolic OH excluding ortho intramolecular Hbond substituents is 1. The fourth-order valence-electron chi connectivity index (χ4n) is 3.51. The van der Waals surface area contributed by atoms with Gasteiger partial charge in [-0.25, -0.2) is 4.99 Å². The summed E-state index contributed by atoms with van der Waals surface area (Å²) in [6.45, 7) is 1.31. The first kappa shape index (κ1) is 20.9. The van der Waals surface area contributed by atoms with Crippen molar-refractivity contribution in [2.24, 2.45) is 4.99 Å². The number of phenols is 1. The molecular formula is C26H23N3O3S. The molecule has 0 bridgehead atoms. The van der Waals surface area contributed by atoms with Gasteiger partial charge in [0, 0.05) is 4.88 Å². The summed E-state index contributed by atoms with van der Waals surface area (Å²) >= 11 is 1.68. The molecule has 0 fully saturated rings. The van der Waals surface area contributed by atoms with Gasteiger partial charge in [0.25, 0.3) is 0 Å². The average molecular weight is 458 g/mol. The molecule has 4 aromatic rings. The summed E-state index contributed by atoms with van der Waals surface area (Å²) in [5.74, 6) is 2.21. The van der Waals surface area contributed by atoms with Crippen molar-refractivity contribution in [1.29, 1.82) is 0 Å². The van der Waals surface area contributed by atoms with Crippen LogP contribution < -0.4 is 20.1 Å². The second kappa shape index (κ2) is 9.67. The molecule has 0 spiro atoms. The molecule has 33 heavy (non-hydrogen) atoms. The van der Waals surface area contributed by atoms with Gasteiger partial charge in [-0.15, -0.1) is 11.3 Å². The van der Waals surface area contributed by atoms with Crippen molar-refractivity contribution >= 4 is 23.0 Å². The van der Waals surface area contributed by atoms with Crippen LogP contribution in [0, 0.1) is 0 Å². The van der Waals surface area contributed by atoms with Gasteiger partial charge >= 0.3 is 0 Å². The SMILES string of the molecule is Oc1ccc(-c2ccccc2)cc1NC(=NCc1ccc2c(c1)OCO2)NCc1cccs1. The summed E-state index contributed by atoms with van der Waals surface area (Å²) in [7, 11) is 0. The van der Waals surface area contributed by atoms with E-state index in [2.05, 4.69) is 16.7 Å². The van der Waals surface area contributed by atoms with E-state index in [1.165, 1.54) is 4.88 Å². The smallest absolute Gasteiger partial charge is 0.231 e. The number of rotatable bonds is 6. The molecule has 0 radical (unpaired) electrons. The summed E-state index contributed by atoms with van der Waals surface area (Å²) in [5.41, 5.74) is 3.66. The summed E-state index contributed by atoms with van der Waals surface area (Å²) in [6, 6.07) is 25.5. The van der Waals surface area contributed by atoms with Crippen LogP contribution in [0.2, 0.25) is 0 Å². The maximum Gasteiger partial charge on any atom is 0.231 e. The number of hydrogen-bond donors (Lipinski definition) is 3. The van der Waals surface area contributed by atoms with Crippen molar-refractivity contribution in [1.82, 2.24) is 5.32 Å². The molecule has 0 saturated carbocycles. The summed E-state index contributed by atoms with van der Waals surface area (Å²) < 4.78 is 10.9. The van der Waals surface area contributed by atoms with Crippen LogP contribution in [0.4, 0.5) is 5.69 Å². The Morgan fingerprint density at radius 3 is 2.64 bits per heavy atom. The van der Waals surface area contributed by atoms with Crippen molar-refractivity contribution < 1.29 is 14.6 Å². The number of nitrogens with zero attached hydrogens (tertiary/aromatic N) is 1. The van der Waals surface area contributed by atoms with Crippen molar-refractivity contribution in [3.63, 3.8) is 0 Å². The van der Waals surface area contributed by atoms with Crippen LogP contribution in [0.15, 0.2) is 89.2 Å². The molecule has 1 aliphatic rings. The largest absolute Gasteiger partial charge is 0.506 e. The molecule has 0 saturated heterocycles. The molecule has 3 N–H and O–H groups in total. The minimum absolute atomic E-state index is 0.156. The number of nitrogens with one attached hydrogen (secondary N) is 2. The van der Waals surface area contributed by atoms with E-state index in [4.69, 9.17) is 14.5 Å². The molecule has 1 aromatic heterocycles. The molecule has 6 nitrogen and oxygen atoms in total. The quantitative estimate of drug-likeness (QED) is 0.199. The Labute approximate surface area is 196 Å². The molecular weight excluding hydrogens is 434 g/mol. The molecule has 166 valence electrons. The van der Waals surface area contributed by atoms with Gasteiger partial charge in [0.1, 0.15) is 5.75 Å². The van der Waals surface area contributed by atoms with E-state index in [1.807, 2.05) is 72.1 Å². The molecule has 3 aromatic carbocycles. The highest BCUT2D eigenvalue weighted by Gasteiger charge is 2.13. The second-order valence-corrected chi connectivity index (χ2v) is 8.54. The number of hydrogen-bond acceptors (Lipinski definition) is 5. The molecule has 2 heterocycles. The lowest BCUT2D eigenvalue weighted by molar-refractivity contribution is 0.174. The Bertz CT molecular complexity index is 1260. The predicted molar refractivity (Wildman–Crippen MR) is 132 cm³/mol. The first-order valence-corrected chi connectivity index (χ1v) is 11.5. The molecule has 1 aliphatic heterocycles. The number of thiophene rings is 1. The number of aromatic hydroxyl groups is 1. The number of ether oxygens (including phenoxy) is 2. The van der Waals surface area contributed by atoms with Crippen LogP contribution in [0.25, 0.3) is 11.1 Å². The van der Waals surface area contributed by atoms with E-state index in [0.29, 0.717) is 24.7 Å². The maximum atomic E-state index is 10.5. The maximum absolute atomic E-state index is 10.5. The van der Waals surface area contributed by atoms with E-state index in [0.717, 1.165) is 28.2 Å². The molecule has 0 aliphatic carbocycles. The van der Waals surface area contributed by atoms with Crippen molar-refractivity contribution in [2.75, 3.05) is 12.1 Å². The molecule has 0 unspecified atom stereocenters. The Balaban J connectivity index is 1.39. The fraction of sp³-hybridized carbons (Fsp3) is 0.115. The number of aliphatic imine (C=N–C) groups is 1. The third kappa shape index (κ3) is 5.10. The minimum Gasteiger partial charge on any atom is -0.506 e. The van der Waals surface area contributed by atoms with Gasteiger partial charge in [0.15, 0.2) is 17.5 Å². The topological polar surface area (TPSA) is 75.1 Å². The van der Waals surface area contributed by atoms with Gasteiger partial charge in [0.2, 0.25) is 6.79 Å². The molecule has 7 heteroatoms. The Kier molecular flexibility index (Phi) is 6.12. The Morgan fingerprint density at radius 1 is 0.909 bits per heavy atom. The fourth-order valence-corrected chi connectivity index (χ4v) is 4.15. The standard InChI is InChI=1S/C26H23N3O3S/c30-23-10-9-20(19-5-2-1-3-6-19)14-22(23)29-26(28-16-21-7-4-12-33-21)27-15-18-8-11-24-25(13-18)32-17-31-24/h1-14,30H,15-17H2,(H2,27,28,29). The van der Waals surface area contributed by atoms with Gasteiger partial charge in [-0.05, 0) is 52.4 Å². The number of anilines is 1. The van der Waals surface area contributed by atoms with Crippen LogP contribution in [-0.4, -0.2) is 17.9 Å². The zero-order valence-corrected chi connectivity index (χ0v) is 18.6. The monoisotopic (exact) mass is 457 g/mol. The average Bonchev–Trinajstić information content (AvgIpc) is 3.54. The molecule has 0 atom stereocenters. The normalized spacial score (nSPS) is 12.5. The van der Waals surface area contributed by atoms with Crippen LogP contribution >= 0.6 is 11.3 Å².